The summed E-state index contributed by atoms with van der Waals surface area (Å²) in [5.41, 5.74) is 0. The first-order valence-electron chi connectivity index (χ1n) is 7.45. The first kappa shape index (κ1) is 16.4. The Kier molecular flexibility index (Phi) is 8.02. The van der Waals surface area contributed by atoms with Gasteiger partial charge in [-0.1, -0.05) is 20.3 Å². The van der Waals surface area contributed by atoms with Crippen molar-refractivity contribution in [3.8, 4) is 0 Å². The molecule has 2 heterocycles. The number of esters is 1. The molecule has 2 saturated heterocycles. The lowest BCUT2D eigenvalue weighted by atomic mass is 10.1. The van der Waals surface area contributed by atoms with Crippen LogP contribution < -0.4 is 5.32 Å². The number of nitrogens with one attached hydrogen (secondary N) is 1. The highest BCUT2D eigenvalue weighted by Gasteiger charge is 2.28. The van der Waals surface area contributed by atoms with Crippen LogP contribution in [0.4, 0.5) is 0 Å². The van der Waals surface area contributed by atoms with Crippen LogP contribution >= 0.6 is 0 Å². The van der Waals surface area contributed by atoms with Crippen molar-refractivity contribution in [1.29, 1.82) is 0 Å². The van der Waals surface area contributed by atoms with Gasteiger partial charge in [-0.25, -0.2) is 0 Å². The van der Waals surface area contributed by atoms with Crippen LogP contribution in [0.25, 0.3) is 0 Å². The van der Waals surface area contributed by atoms with Crippen molar-refractivity contribution < 1.29 is 9.53 Å². The molecular formula is C14H29N3O2. The molecule has 0 spiro atoms. The number of ether oxygens (including phenoxy) is 1. The van der Waals surface area contributed by atoms with Crippen molar-refractivity contribution in [2.45, 2.75) is 32.7 Å². The van der Waals surface area contributed by atoms with Gasteiger partial charge in [0.25, 0.3) is 0 Å². The molecule has 0 saturated carbocycles. The Hall–Kier alpha value is -0.650. The van der Waals surface area contributed by atoms with Gasteiger partial charge < -0.3 is 10.1 Å². The number of hydrogen-bond acceptors (Lipinski definition) is 5. The van der Waals surface area contributed by atoms with Crippen molar-refractivity contribution in [1.82, 2.24) is 15.1 Å². The Morgan fingerprint density at radius 3 is 2.74 bits per heavy atom. The molecule has 19 heavy (non-hydrogen) atoms. The van der Waals surface area contributed by atoms with Crippen LogP contribution in [-0.2, 0) is 9.53 Å². The summed E-state index contributed by atoms with van der Waals surface area (Å²) in [4.78, 5) is 16.0. The van der Waals surface area contributed by atoms with Gasteiger partial charge >= 0.3 is 5.97 Å². The van der Waals surface area contributed by atoms with E-state index in [1.165, 1.54) is 13.5 Å². The van der Waals surface area contributed by atoms with E-state index in [-0.39, 0.29) is 5.97 Å². The second kappa shape index (κ2) is 9.28. The van der Waals surface area contributed by atoms with Gasteiger partial charge in [-0.05, 0) is 0 Å². The quantitative estimate of drug-likeness (QED) is 0.760. The number of nitrogens with zero attached hydrogens (tertiary/aromatic N) is 2. The third-order valence-corrected chi connectivity index (χ3v) is 3.50. The largest absolute Gasteiger partial charge is 0.469 e. The molecule has 2 rings (SSSR count). The minimum atomic E-state index is -0.107. The van der Waals surface area contributed by atoms with Gasteiger partial charge in [-0.15, -0.1) is 0 Å². The summed E-state index contributed by atoms with van der Waals surface area (Å²) in [7, 11) is 1.45. The van der Waals surface area contributed by atoms with E-state index in [0.29, 0.717) is 12.5 Å². The maximum Gasteiger partial charge on any atom is 0.306 e. The number of rotatable bonds is 3. The Morgan fingerprint density at radius 2 is 2.05 bits per heavy atom. The van der Waals surface area contributed by atoms with Gasteiger partial charge in [-0.3, -0.25) is 14.6 Å². The van der Waals surface area contributed by atoms with Crippen LogP contribution in [0, 0.1) is 0 Å². The Morgan fingerprint density at radius 1 is 1.32 bits per heavy atom. The lowest BCUT2D eigenvalue weighted by Gasteiger charge is -2.44. The summed E-state index contributed by atoms with van der Waals surface area (Å²) < 4.78 is 4.66. The van der Waals surface area contributed by atoms with Crippen molar-refractivity contribution in [2.75, 3.05) is 52.9 Å². The topological polar surface area (TPSA) is 44.8 Å². The Balaban J connectivity index is 0.000000550. The summed E-state index contributed by atoms with van der Waals surface area (Å²) >= 11 is 0. The van der Waals surface area contributed by atoms with Gasteiger partial charge in [-0.2, -0.15) is 0 Å². The normalized spacial score (nSPS) is 24.1. The molecule has 0 amide bonds. The van der Waals surface area contributed by atoms with Gasteiger partial charge in [0.1, 0.15) is 0 Å². The van der Waals surface area contributed by atoms with E-state index in [0.717, 1.165) is 45.8 Å². The first-order chi connectivity index (χ1) is 9.21. The Bertz CT molecular complexity index is 261. The smallest absolute Gasteiger partial charge is 0.306 e. The lowest BCUT2D eigenvalue weighted by molar-refractivity contribution is -0.141. The molecule has 1 unspecified atom stereocenters. The minimum absolute atomic E-state index is 0.107. The van der Waals surface area contributed by atoms with E-state index >= 15 is 0 Å². The third kappa shape index (κ3) is 5.89. The molecule has 112 valence electrons. The number of fused-ring (bicyclic) bond motifs is 1. The summed E-state index contributed by atoms with van der Waals surface area (Å²) in [6.45, 7) is 11.7. The van der Waals surface area contributed by atoms with Crippen molar-refractivity contribution >= 4 is 5.97 Å². The Labute approximate surface area is 117 Å². The number of hydrogen-bond donors (Lipinski definition) is 1. The molecule has 1 atom stereocenters. The predicted molar refractivity (Wildman–Crippen MR) is 77.3 cm³/mol. The molecule has 0 radical (unpaired) electrons. The highest BCUT2D eigenvalue weighted by atomic mass is 16.5. The standard InChI is InChI=1S/C11H21N3O2.C3H8/c1-16-11(15)2-4-13-6-7-14-5-3-12-8-10(14)9-13;1-3-2/h10,12H,2-9H2,1H3;3H2,1-2H3. The predicted octanol–water partition coefficient (Wildman–Crippen LogP) is 0.555. The fraction of sp³-hybridized carbons (Fsp3) is 0.929. The van der Waals surface area contributed by atoms with Crippen LogP contribution in [0.5, 0.6) is 0 Å². The molecule has 0 aromatic rings. The number of carbonyl (C=O) groups is 1. The fourth-order valence-corrected chi connectivity index (χ4v) is 2.49. The molecule has 2 aliphatic rings. The van der Waals surface area contributed by atoms with Gasteiger partial charge in [0, 0.05) is 51.9 Å². The molecular weight excluding hydrogens is 242 g/mol. The molecule has 2 fully saturated rings. The van der Waals surface area contributed by atoms with Crippen LogP contribution in [0.2, 0.25) is 0 Å². The lowest BCUT2D eigenvalue weighted by Crippen LogP contribution is -2.61. The van der Waals surface area contributed by atoms with Gasteiger partial charge in [0.2, 0.25) is 0 Å². The number of piperazine rings is 2. The van der Waals surface area contributed by atoms with E-state index in [1.807, 2.05) is 0 Å². The number of carbonyl (C=O) groups excluding carboxylic acids is 1. The molecule has 0 aliphatic carbocycles. The van der Waals surface area contributed by atoms with Crippen molar-refractivity contribution in [3.05, 3.63) is 0 Å². The van der Waals surface area contributed by atoms with E-state index in [4.69, 9.17) is 0 Å². The summed E-state index contributed by atoms with van der Waals surface area (Å²) in [5.74, 6) is -0.107. The third-order valence-electron chi connectivity index (χ3n) is 3.50. The maximum absolute atomic E-state index is 11.1. The minimum Gasteiger partial charge on any atom is -0.469 e. The molecule has 2 aliphatic heterocycles. The SMILES string of the molecule is CCC.COC(=O)CCN1CCN2CCNCC2C1. The van der Waals surface area contributed by atoms with Gasteiger partial charge in [0.15, 0.2) is 0 Å². The second-order valence-electron chi connectivity index (χ2n) is 5.23. The highest BCUT2D eigenvalue weighted by Crippen LogP contribution is 2.11. The fourth-order valence-electron chi connectivity index (χ4n) is 2.49. The highest BCUT2D eigenvalue weighted by molar-refractivity contribution is 5.69. The zero-order valence-corrected chi connectivity index (χ0v) is 12.7. The monoisotopic (exact) mass is 271 g/mol. The summed E-state index contributed by atoms with van der Waals surface area (Å²) in [6, 6.07) is 0.625. The summed E-state index contributed by atoms with van der Waals surface area (Å²) in [6.07, 6.45) is 1.76. The van der Waals surface area contributed by atoms with Gasteiger partial charge in [0.05, 0.1) is 13.5 Å². The number of methoxy groups -OCH3 is 1. The zero-order chi connectivity index (χ0) is 14.1. The van der Waals surface area contributed by atoms with E-state index in [9.17, 15) is 4.79 Å². The van der Waals surface area contributed by atoms with Crippen LogP contribution in [0.3, 0.4) is 0 Å². The van der Waals surface area contributed by atoms with Crippen molar-refractivity contribution in [2.24, 2.45) is 0 Å². The zero-order valence-electron chi connectivity index (χ0n) is 12.7. The average Bonchev–Trinajstić information content (AvgIpc) is 2.45. The van der Waals surface area contributed by atoms with Crippen LogP contribution in [-0.4, -0.2) is 74.7 Å². The van der Waals surface area contributed by atoms with E-state index < -0.39 is 0 Å². The first-order valence-corrected chi connectivity index (χ1v) is 7.45. The maximum atomic E-state index is 11.1. The second-order valence-corrected chi connectivity index (χ2v) is 5.23. The molecule has 0 aromatic carbocycles. The molecule has 5 heteroatoms. The van der Waals surface area contributed by atoms with Crippen molar-refractivity contribution in [3.63, 3.8) is 0 Å². The van der Waals surface area contributed by atoms with E-state index in [2.05, 4.69) is 33.7 Å². The molecule has 5 nitrogen and oxygen atoms in total. The van der Waals surface area contributed by atoms with Crippen LogP contribution in [0.15, 0.2) is 0 Å². The van der Waals surface area contributed by atoms with Crippen LogP contribution in [0.1, 0.15) is 26.7 Å². The molecule has 1 N–H and O–H groups in total. The summed E-state index contributed by atoms with van der Waals surface area (Å²) in [5, 5.41) is 3.42. The van der Waals surface area contributed by atoms with E-state index in [1.54, 1.807) is 0 Å². The average molecular weight is 271 g/mol. The molecule has 0 bridgehead atoms. The molecule has 0 aromatic heterocycles.